The van der Waals surface area contributed by atoms with Gasteiger partial charge in [-0.15, -0.1) is 0 Å². The lowest BCUT2D eigenvalue weighted by atomic mass is 9.78. The minimum Gasteiger partial charge on any atom is -0.489 e. The van der Waals surface area contributed by atoms with E-state index in [-0.39, 0.29) is 24.7 Å². The molecule has 0 spiro atoms. The molecule has 3 fully saturated rings. The van der Waals surface area contributed by atoms with E-state index in [1.54, 1.807) is 21.0 Å². The third-order valence-electron chi connectivity index (χ3n) is 12.1. The highest BCUT2D eigenvalue weighted by molar-refractivity contribution is 5.73. The van der Waals surface area contributed by atoms with Crippen molar-refractivity contribution >= 4 is 5.97 Å². The Labute approximate surface area is 300 Å². The topological polar surface area (TPSA) is 146 Å². The van der Waals surface area contributed by atoms with Crippen molar-refractivity contribution in [3.63, 3.8) is 0 Å². The molecule has 2 bridgehead atoms. The Balaban J connectivity index is 1.83. The summed E-state index contributed by atoms with van der Waals surface area (Å²) in [5, 5.41) is 35.1. The Hall–Kier alpha value is -1.35. The largest absolute Gasteiger partial charge is 0.489 e. The molecule has 0 aromatic heterocycles. The Kier molecular flexibility index (Phi) is 13.2. The Morgan fingerprint density at radius 3 is 2.22 bits per heavy atom. The van der Waals surface area contributed by atoms with E-state index in [1.807, 2.05) is 62.4 Å². The molecule has 0 radical (unpaired) electrons. The van der Waals surface area contributed by atoms with Crippen LogP contribution in [0.25, 0.3) is 0 Å². The lowest BCUT2D eigenvalue weighted by molar-refractivity contribution is -0.309. The van der Waals surface area contributed by atoms with Gasteiger partial charge in [-0.1, -0.05) is 27.7 Å². The summed E-state index contributed by atoms with van der Waals surface area (Å²) in [6.45, 7) is 21.5. The van der Waals surface area contributed by atoms with Gasteiger partial charge in [0.25, 0.3) is 0 Å². The summed E-state index contributed by atoms with van der Waals surface area (Å²) in [5.74, 6) is -2.07. The Morgan fingerprint density at radius 2 is 1.62 bits per heavy atom. The summed E-state index contributed by atoms with van der Waals surface area (Å²) in [5.41, 5.74) is -2.41. The highest BCUT2D eigenvalue weighted by Crippen LogP contribution is 2.47. The summed E-state index contributed by atoms with van der Waals surface area (Å²) < 4.78 is 45.2. The molecule has 0 saturated carbocycles. The van der Waals surface area contributed by atoms with Crippen LogP contribution in [0.4, 0.5) is 0 Å². The molecule has 0 aromatic rings. The van der Waals surface area contributed by atoms with Crippen LogP contribution in [0.5, 0.6) is 0 Å². The zero-order valence-electron chi connectivity index (χ0n) is 32.8. The Morgan fingerprint density at radius 1 is 0.960 bits per heavy atom. The van der Waals surface area contributed by atoms with Crippen LogP contribution in [0.3, 0.4) is 0 Å². The van der Waals surface area contributed by atoms with Crippen molar-refractivity contribution in [3.05, 3.63) is 11.3 Å². The van der Waals surface area contributed by atoms with Crippen molar-refractivity contribution in [3.8, 4) is 0 Å². The molecule has 0 aliphatic carbocycles. The molecule has 4 aliphatic heterocycles. The molecule has 0 amide bonds. The maximum absolute atomic E-state index is 14.1. The predicted octanol–water partition coefficient (Wildman–Crippen LogP) is 4.31. The van der Waals surface area contributed by atoms with Crippen molar-refractivity contribution in [1.82, 2.24) is 4.90 Å². The lowest BCUT2D eigenvalue weighted by Crippen LogP contribution is -2.59. The summed E-state index contributed by atoms with van der Waals surface area (Å²) in [7, 11) is 3.66. The molecule has 12 nitrogen and oxygen atoms in total. The molecule has 3 saturated heterocycles. The number of hydrogen-bond acceptors (Lipinski definition) is 12. The van der Waals surface area contributed by atoms with E-state index >= 15 is 0 Å². The standard InChI is InChI=1S/C38H67NO11/c1-14-27-38(11,43)32(41)23(6)30-20(3)17-37(10,50-30)33(49-35-29(40)26(39(12)15-2)16-21(4)46-35)24(7)31(25(8)34(42)47-27)48-28-19-36(9,44-13)18-22(5)45-28/h21-29,31-33,35,40-41,43H,14-19H2,1-13H3/t21-,22+,23-,24+,25-,26+,27+,28+,29-,31+,32-,33-,35+,36+,37-,38-/m1/s1. The number of cyclic esters (lactones) is 1. The average molecular weight is 714 g/mol. The van der Waals surface area contributed by atoms with Gasteiger partial charge in [-0.3, -0.25) is 4.79 Å². The minimum absolute atomic E-state index is 0.162. The van der Waals surface area contributed by atoms with Gasteiger partial charge in [0.15, 0.2) is 12.6 Å². The lowest BCUT2D eigenvalue weighted by Gasteiger charge is -2.48. The van der Waals surface area contributed by atoms with E-state index in [0.717, 1.165) is 12.1 Å². The molecule has 4 heterocycles. The number of nitrogens with zero attached hydrogens (tertiary/aromatic N) is 1. The maximum atomic E-state index is 14.1. The van der Waals surface area contributed by atoms with Crippen molar-refractivity contribution in [1.29, 1.82) is 0 Å². The van der Waals surface area contributed by atoms with E-state index in [9.17, 15) is 20.1 Å². The fourth-order valence-corrected chi connectivity index (χ4v) is 8.94. The van der Waals surface area contributed by atoms with Crippen LogP contribution < -0.4 is 0 Å². The number of carbonyl (C=O) groups is 1. The number of ether oxygens (including phenoxy) is 7. The molecule has 12 heteroatoms. The van der Waals surface area contributed by atoms with E-state index in [0.29, 0.717) is 31.4 Å². The van der Waals surface area contributed by atoms with Gasteiger partial charge in [-0.05, 0) is 80.5 Å². The number of aliphatic hydroxyl groups excluding tert-OH is 2. The number of hydrogen-bond donors (Lipinski definition) is 3. The number of carbonyl (C=O) groups excluding carboxylic acids is 1. The van der Waals surface area contributed by atoms with Crippen molar-refractivity contribution in [2.45, 2.75) is 186 Å². The van der Waals surface area contributed by atoms with E-state index in [4.69, 9.17) is 33.2 Å². The quantitative estimate of drug-likeness (QED) is 0.308. The zero-order valence-corrected chi connectivity index (χ0v) is 32.8. The number of aliphatic hydroxyl groups is 3. The van der Waals surface area contributed by atoms with Gasteiger partial charge in [0.05, 0.1) is 35.9 Å². The monoisotopic (exact) mass is 713 g/mol. The van der Waals surface area contributed by atoms with Gasteiger partial charge >= 0.3 is 5.97 Å². The van der Waals surface area contributed by atoms with Crippen LogP contribution >= 0.6 is 0 Å². The first-order chi connectivity index (χ1) is 23.2. The van der Waals surface area contributed by atoms with Gasteiger partial charge in [0, 0.05) is 44.2 Å². The van der Waals surface area contributed by atoms with Gasteiger partial charge in [-0.2, -0.15) is 0 Å². The summed E-state index contributed by atoms with van der Waals surface area (Å²) in [4.78, 5) is 16.2. The number of fused-ring (bicyclic) bond motifs is 2. The normalized spacial score (nSPS) is 48.0. The first kappa shape index (κ1) is 41.4. The second-order valence-electron chi connectivity index (χ2n) is 16.5. The number of likely N-dealkylation sites (N-methyl/N-ethyl adjacent to an activating group) is 1. The molecule has 16 atom stereocenters. The van der Waals surface area contributed by atoms with Crippen LogP contribution in [-0.4, -0.2) is 125 Å². The number of rotatable bonds is 8. The fraction of sp³-hybridized carbons (Fsp3) is 0.921. The predicted molar refractivity (Wildman–Crippen MR) is 187 cm³/mol. The summed E-state index contributed by atoms with van der Waals surface area (Å²) in [6, 6.07) is -0.195. The highest BCUT2D eigenvalue weighted by atomic mass is 16.7. The molecule has 0 unspecified atom stereocenters. The second kappa shape index (κ2) is 15.9. The van der Waals surface area contributed by atoms with Crippen molar-refractivity contribution < 1.29 is 53.3 Å². The van der Waals surface area contributed by atoms with Gasteiger partial charge in [-0.25, -0.2) is 0 Å². The summed E-state index contributed by atoms with van der Waals surface area (Å²) >= 11 is 0. The molecule has 4 rings (SSSR count). The smallest absolute Gasteiger partial charge is 0.311 e. The third-order valence-corrected chi connectivity index (χ3v) is 12.1. The van der Waals surface area contributed by atoms with Crippen LogP contribution in [0, 0.1) is 17.8 Å². The SMILES string of the molecule is CC[C@@H]1OC(=O)[C@H](C)[C@@H](O[C@H]2C[C@@](C)(OC)C[C@H](C)O2)[C@H](C)[C@@H](O[C@@H]2O[C@H](C)C[C@H](N(C)CC)[C@H]2O)[C@@]2(C)CC(C)=C(O2)[C@@H](C)[C@@H](O)[C@]1(C)O. The fourth-order valence-electron chi connectivity index (χ4n) is 8.94. The van der Waals surface area contributed by atoms with E-state index in [1.165, 1.54) is 6.92 Å². The average Bonchev–Trinajstić information content (AvgIpc) is 3.37. The molecular formula is C38H67NO11. The number of methoxy groups -OCH3 is 1. The zero-order chi connectivity index (χ0) is 37.5. The van der Waals surface area contributed by atoms with Crippen molar-refractivity contribution in [2.24, 2.45) is 17.8 Å². The van der Waals surface area contributed by atoms with Gasteiger partial charge in [0.1, 0.15) is 35.3 Å². The van der Waals surface area contributed by atoms with Crippen LogP contribution in [-0.2, 0) is 38.0 Å². The van der Waals surface area contributed by atoms with Crippen LogP contribution in [0.15, 0.2) is 11.3 Å². The van der Waals surface area contributed by atoms with E-state index in [2.05, 4.69) is 4.90 Å². The molecule has 0 aromatic carbocycles. The van der Waals surface area contributed by atoms with Gasteiger partial charge in [0.2, 0.25) is 0 Å². The Bertz CT molecular complexity index is 1200. The molecule has 3 N–H and O–H groups in total. The van der Waals surface area contributed by atoms with Gasteiger partial charge < -0.3 is 53.4 Å². The summed E-state index contributed by atoms with van der Waals surface area (Å²) in [6.07, 6.45) is -4.46. The first-order valence-electron chi connectivity index (χ1n) is 18.8. The van der Waals surface area contributed by atoms with Crippen LogP contribution in [0.1, 0.15) is 108 Å². The number of esters is 1. The molecule has 50 heavy (non-hydrogen) atoms. The molecular weight excluding hydrogens is 646 g/mol. The van der Waals surface area contributed by atoms with Crippen LogP contribution in [0.2, 0.25) is 0 Å². The molecule has 4 aliphatic rings. The van der Waals surface area contributed by atoms with E-state index < -0.39 is 83.6 Å². The third kappa shape index (κ3) is 8.39. The minimum atomic E-state index is -1.79. The second-order valence-corrected chi connectivity index (χ2v) is 16.5. The van der Waals surface area contributed by atoms with Crippen molar-refractivity contribution in [2.75, 3.05) is 20.7 Å². The highest BCUT2D eigenvalue weighted by Gasteiger charge is 2.55. The first-order valence-corrected chi connectivity index (χ1v) is 18.8. The molecule has 290 valence electrons. The maximum Gasteiger partial charge on any atom is 0.311 e.